The molecule has 0 aliphatic rings. The predicted octanol–water partition coefficient (Wildman–Crippen LogP) is 3.04. The van der Waals surface area contributed by atoms with Gasteiger partial charge in [0.2, 0.25) is 5.91 Å². The quantitative estimate of drug-likeness (QED) is 0.848. The Morgan fingerprint density at radius 2 is 1.95 bits per heavy atom. The molecule has 2 rings (SSSR count). The monoisotopic (exact) mass is 302 g/mol. The molecule has 1 amide bonds. The van der Waals surface area contributed by atoms with Gasteiger partial charge in [-0.2, -0.15) is 0 Å². The minimum atomic E-state index is -0.0811. The first-order chi connectivity index (χ1) is 9.99. The molecule has 1 aromatic heterocycles. The predicted molar refractivity (Wildman–Crippen MR) is 85.4 cm³/mol. The van der Waals surface area contributed by atoms with Crippen LogP contribution in [0, 0.1) is 6.92 Å². The van der Waals surface area contributed by atoms with Crippen molar-refractivity contribution in [3.63, 3.8) is 0 Å². The molecule has 0 fully saturated rings. The standard InChI is InChI=1S/C15H18N4OS/c1-4-13-18-14(16)9(2)15(19-13)21-12-7-5-11(6-8-12)17-10(3)20/h5-8H,4H2,1-3H3,(H,17,20)(H2,16,18,19). The Labute approximate surface area is 128 Å². The number of anilines is 2. The number of rotatable bonds is 4. The fourth-order valence-corrected chi connectivity index (χ4v) is 2.64. The van der Waals surface area contributed by atoms with Gasteiger partial charge in [0, 0.05) is 29.5 Å². The molecule has 0 saturated carbocycles. The van der Waals surface area contributed by atoms with E-state index in [9.17, 15) is 4.79 Å². The fourth-order valence-electron chi connectivity index (χ4n) is 1.74. The van der Waals surface area contributed by atoms with E-state index < -0.39 is 0 Å². The minimum Gasteiger partial charge on any atom is -0.383 e. The molecule has 0 radical (unpaired) electrons. The summed E-state index contributed by atoms with van der Waals surface area (Å²) in [7, 11) is 0. The van der Waals surface area contributed by atoms with Crippen molar-refractivity contribution in [2.24, 2.45) is 0 Å². The van der Waals surface area contributed by atoms with E-state index >= 15 is 0 Å². The number of nitrogens with zero attached hydrogens (tertiary/aromatic N) is 2. The smallest absolute Gasteiger partial charge is 0.221 e. The van der Waals surface area contributed by atoms with Gasteiger partial charge in [0.15, 0.2) is 0 Å². The van der Waals surface area contributed by atoms with Crippen LogP contribution in [0.25, 0.3) is 0 Å². The van der Waals surface area contributed by atoms with Gasteiger partial charge in [-0.25, -0.2) is 9.97 Å². The molecule has 6 heteroatoms. The second-order valence-electron chi connectivity index (χ2n) is 4.62. The van der Waals surface area contributed by atoms with Crippen LogP contribution < -0.4 is 11.1 Å². The Balaban J connectivity index is 2.21. The zero-order chi connectivity index (χ0) is 15.4. The largest absolute Gasteiger partial charge is 0.383 e. The van der Waals surface area contributed by atoms with E-state index in [2.05, 4.69) is 15.3 Å². The summed E-state index contributed by atoms with van der Waals surface area (Å²) < 4.78 is 0. The number of hydrogen-bond donors (Lipinski definition) is 2. The van der Waals surface area contributed by atoms with Gasteiger partial charge in [-0.3, -0.25) is 4.79 Å². The number of hydrogen-bond acceptors (Lipinski definition) is 5. The normalized spacial score (nSPS) is 10.4. The molecule has 1 heterocycles. The van der Waals surface area contributed by atoms with E-state index in [0.29, 0.717) is 5.82 Å². The molecule has 5 nitrogen and oxygen atoms in total. The van der Waals surface area contributed by atoms with Crippen molar-refractivity contribution in [2.45, 2.75) is 37.1 Å². The lowest BCUT2D eigenvalue weighted by atomic mass is 10.3. The number of nitrogen functional groups attached to an aromatic ring is 1. The molecule has 21 heavy (non-hydrogen) atoms. The van der Waals surface area contributed by atoms with E-state index in [4.69, 9.17) is 5.73 Å². The molecule has 0 unspecified atom stereocenters. The highest BCUT2D eigenvalue weighted by Crippen LogP contribution is 2.31. The van der Waals surface area contributed by atoms with Crippen LogP contribution in [0.5, 0.6) is 0 Å². The third-order valence-corrected chi connectivity index (χ3v) is 3.99. The van der Waals surface area contributed by atoms with Gasteiger partial charge in [-0.15, -0.1) is 0 Å². The SMILES string of the molecule is CCc1nc(N)c(C)c(Sc2ccc(NC(C)=O)cc2)n1. The fraction of sp³-hybridized carbons (Fsp3) is 0.267. The average molecular weight is 302 g/mol. The van der Waals surface area contributed by atoms with Gasteiger partial charge < -0.3 is 11.1 Å². The number of carbonyl (C=O) groups excluding carboxylic acids is 1. The molecule has 0 spiro atoms. The Morgan fingerprint density at radius 3 is 2.52 bits per heavy atom. The van der Waals surface area contributed by atoms with Crippen molar-refractivity contribution >= 4 is 29.2 Å². The number of nitrogens with one attached hydrogen (secondary N) is 1. The number of aromatic nitrogens is 2. The second kappa shape index (κ2) is 6.58. The molecule has 0 aliphatic heterocycles. The molecule has 1 aromatic carbocycles. The lowest BCUT2D eigenvalue weighted by molar-refractivity contribution is -0.114. The summed E-state index contributed by atoms with van der Waals surface area (Å²) in [5.41, 5.74) is 7.59. The minimum absolute atomic E-state index is 0.0811. The summed E-state index contributed by atoms with van der Waals surface area (Å²) >= 11 is 1.54. The average Bonchev–Trinajstić information content (AvgIpc) is 2.45. The molecule has 110 valence electrons. The molecule has 0 saturated heterocycles. The van der Waals surface area contributed by atoms with Crippen LogP contribution in [0.4, 0.5) is 11.5 Å². The Bertz CT molecular complexity index is 655. The maximum absolute atomic E-state index is 11.0. The van der Waals surface area contributed by atoms with Crippen LogP contribution in [0.2, 0.25) is 0 Å². The second-order valence-corrected chi connectivity index (χ2v) is 5.68. The van der Waals surface area contributed by atoms with Gasteiger partial charge in [-0.1, -0.05) is 18.7 Å². The molecule has 2 aromatic rings. The number of benzene rings is 1. The number of nitrogens with two attached hydrogens (primary N) is 1. The maximum atomic E-state index is 11.0. The van der Waals surface area contributed by atoms with E-state index in [1.807, 2.05) is 38.1 Å². The summed E-state index contributed by atoms with van der Waals surface area (Å²) in [4.78, 5) is 20.8. The van der Waals surface area contributed by atoms with Gasteiger partial charge in [0.1, 0.15) is 16.7 Å². The Kier molecular flexibility index (Phi) is 4.80. The molecule has 3 N–H and O–H groups in total. The Morgan fingerprint density at radius 1 is 1.29 bits per heavy atom. The van der Waals surface area contributed by atoms with Gasteiger partial charge >= 0.3 is 0 Å². The molecule has 0 aliphatic carbocycles. The van der Waals surface area contributed by atoms with Gasteiger partial charge in [-0.05, 0) is 31.2 Å². The number of aryl methyl sites for hydroxylation is 1. The third-order valence-electron chi connectivity index (χ3n) is 2.89. The molecular weight excluding hydrogens is 284 g/mol. The number of amides is 1. The highest BCUT2D eigenvalue weighted by molar-refractivity contribution is 7.99. The Hall–Kier alpha value is -2.08. The zero-order valence-corrected chi connectivity index (χ0v) is 13.1. The first-order valence-corrected chi connectivity index (χ1v) is 7.49. The molecule has 0 bridgehead atoms. The van der Waals surface area contributed by atoms with Crippen molar-refractivity contribution in [2.75, 3.05) is 11.1 Å². The summed E-state index contributed by atoms with van der Waals surface area (Å²) in [5.74, 6) is 1.19. The van der Waals surface area contributed by atoms with Crippen molar-refractivity contribution in [1.82, 2.24) is 9.97 Å². The third kappa shape index (κ3) is 3.95. The van der Waals surface area contributed by atoms with E-state index in [1.54, 1.807) is 11.8 Å². The van der Waals surface area contributed by atoms with Crippen LogP contribution in [0.1, 0.15) is 25.2 Å². The highest BCUT2D eigenvalue weighted by Gasteiger charge is 2.09. The van der Waals surface area contributed by atoms with E-state index in [0.717, 1.165) is 33.4 Å². The number of carbonyl (C=O) groups is 1. The molecule has 0 atom stereocenters. The van der Waals surface area contributed by atoms with E-state index in [-0.39, 0.29) is 5.91 Å². The molecular formula is C15H18N4OS. The van der Waals surface area contributed by atoms with Crippen molar-refractivity contribution < 1.29 is 4.79 Å². The summed E-state index contributed by atoms with van der Waals surface area (Å²) in [5, 5.41) is 3.61. The van der Waals surface area contributed by atoms with Gasteiger partial charge in [0.05, 0.1) is 0 Å². The topological polar surface area (TPSA) is 80.9 Å². The maximum Gasteiger partial charge on any atom is 0.221 e. The zero-order valence-electron chi connectivity index (χ0n) is 12.3. The summed E-state index contributed by atoms with van der Waals surface area (Å²) in [6.07, 6.45) is 0.750. The van der Waals surface area contributed by atoms with Crippen molar-refractivity contribution in [3.05, 3.63) is 35.7 Å². The van der Waals surface area contributed by atoms with E-state index in [1.165, 1.54) is 6.92 Å². The van der Waals surface area contributed by atoms with Crippen molar-refractivity contribution in [3.8, 4) is 0 Å². The lowest BCUT2D eigenvalue weighted by Crippen LogP contribution is -2.05. The van der Waals surface area contributed by atoms with Gasteiger partial charge in [0.25, 0.3) is 0 Å². The van der Waals surface area contributed by atoms with Crippen molar-refractivity contribution in [1.29, 1.82) is 0 Å². The van der Waals surface area contributed by atoms with Crippen LogP contribution >= 0.6 is 11.8 Å². The summed E-state index contributed by atoms with van der Waals surface area (Å²) in [6, 6.07) is 7.62. The summed E-state index contributed by atoms with van der Waals surface area (Å²) in [6.45, 7) is 5.41. The van der Waals surface area contributed by atoms with Crippen LogP contribution in [0.15, 0.2) is 34.2 Å². The first-order valence-electron chi connectivity index (χ1n) is 6.68. The van der Waals surface area contributed by atoms with Crippen LogP contribution in [-0.2, 0) is 11.2 Å². The lowest BCUT2D eigenvalue weighted by Gasteiger charge is -2.09. The first kappa shape index (κ1) is 15.3. The van der Waals surface area contributed by atoms with Crippen LogP contribution in [-0.4, -0.2) is 15.9 Å². The van der Waals surface area contributed by atoms with Crippen LogP contribution in [0.3, 0.4) is 0 Å². The highest BCUT2D eigenvalue weighted by atomic mass is 32.2.